The summed E-state index contributed by atoms with van der Waals surface area (Å²) >= 11 is 10.9. The number of carbonyl (C=O) groups is 2. The number of hydrogen-bond donors (Lipinski definition) is 2. The summed E-state index contributed by atoms with van der Waals surface area (Å²) in [7, 11) is 0. The van der Waals surface area contributed by atoms with Crippen molar-refractivity contribution in [2.45, 2.75) is 0 Å². The Bertz CT molecular complexity index is 945. The van der Waals surface area contributed by atoms with Crippen LogP contribution in [-0.2, 0) is 9.59 Å². The van der Waals surface area contributed by atoms with Crippen LogP contribution in [-0.4, -0.2) is 22.0 Å². The predicted octanol–water partition coefficient (Wildman–Crippen LogP) is 3.02. The van der Waals surface area contributed by atoms with Gasteiger partial charge in [-0.3, -0.25) is 19.8 Å². The number of aromatic hydroxyl groups is 1. The molecule has 1 aliphatic heterocycles. The molecule has 0 saturated carbocycles. The van der Waals surface area contributed by atoms with Gasteiger partial charge in [0.2, 0.25) is 0 Å². The smallest absolute Gasteiger partial charge is 0.270 e. The maximum absolute atomic E-state index is 13.5. The molecule has 2 aromatic rings. The molecule has 2 amide bonds. The molecule has 0 spiro atoms. The topological polar surface area (TPSA) is 69.6 Å². The Morgan fingerprint density at radius 1 is 1.20 bits per heavy atom. The SMILES string of the molecule is O=C1NC(=S)N(c2cccc(F)c2)C(=O)/C1=C/c1ccc(O)c(Cl)c1. The summed E-state index contributed by atoms with van der Waals surface area (Å²) in [5.41, 5.74) is 0.442. The number of rotatable bonds is 2. The first kappa shape index (κ1) is 17.1. The maximum atomic E-state index is 13.5. The van der Waals surface area contributed by atoms with Crippen LogP contribution < -0.4 is 10.2 Å². The fourth-order valence-electron chi connectivity index (χ4n) is 2.29. The summed E-state index contributed by atoms with van der Waals surface area (Å²) in [5.74, 6) is -2.03. The minimum Gasteiger partial charge on any atom is -0.506 e. The molecule has 126 valence electrons. The van der Waals surface area contributed by atoms with Gasteiger partial charge in [-0.05, 0) is 54.2 Å². The molecule has 5 nitrogen and oxygen atoms in total. The van der Waals surface area contributed by atoms with Crippen molar-refractivity contribution in [3.8, 4) is 5.75 Å². The molecule has 2 aromatic carbocycles. The van der Waals surface area contributed by atoms with Crippen LogP contribution >= 0.6 is 23.8 Å². The van der Waals surface area contributed by atoms with Crippen molar-refractivity contribution in [2.75, 3.05) is 4.90 Å². The van der Waals surface area contributed by atoms with Gasteiger partial charge in [-0.15, -0.1) is 0 Å². The molecule has 1 heterocycles. The summed E-state index contributed by atoms with van der Waals surface area (Å²) in [6, 6.07) is 9.54. The van der Waals surface area contributed by atoms with Gasteiger partial charge in [-0.25, -0.2) is 4.39 Å². The van der Waals surface area contributed by atoms with Crippen LogP contribution in [0.4, 0.5) is 10.1 Å². The van der Waals surface area contributed by atoms with Crippen molar-refractivity contribution in [3.63, 3.8) is 0 Å². The summed E-state index contributed by atoms with van der Waals surface area (Å²) in [6.45, 7) is 0. The van der Waals surface area contributed by atoms with Gasteiger partial charge in [0.05, 0.1) is 10.7 Å². The van der Waals surface area contributed by atoms with Crippen LogP contribution in [0.5, 0.6) is 5.75 Å². The Balaban J connectivity index is 2.03. The lowest BCUT2D eigenvalue weighted by Crippen LogP contribution is -2.54. The number of nitrogens with zero attached hydrogens (tertiary/aromatic N) is 1. The van der Waals surface area contributed by atoms with Crippen LogP contribution in [0.15, 0.2) is 48.0 Å². The van der Waals surface area contributed by atoms with Gasteiger partial charge < -0.3 is 5.11 Å². The fourth-order valence-corrected chi connectivity index (χ4v) is 2.76. The number of phenols is 1. The number of amides is 2. The predicted molar refractivity (Wildman–Crippen MR) is 95.7 cm³/mol. The van der Waals surface area contributed by atoms with E-state index in [1.807, 2.05) is 0 Å². The molecule has 8 heteroatoms. The third-order valence-corrected chi connectivity index (χ3v) is 4.04. The van der Waals surface area contributed by atoms with Crippen molar-refractivity contribution >= 4 is 52.5 Å². The highest BCUT2D eigenvalue weighted by Crippen LogP contribution is 2.26. The molecule has 0 bridgehead atoms. The van der Waals surface area contributed by atoms with E-state index in [1.54, 1.807) is 0 Å². The lowest BCUT2D eigenvalue weighted by molar-refractivity contribution is -0.122. The van der Waals surface area contributed by atoms with Gasteiger partial charge in [0, 0.05) is 0 Å². The molecular weight excluding hydrogens is 367 g/mol. The number of thiocarbonyl (C=S) groups is 1. The van der Waals surface area contributed by atoms with E-state index in [4.69, 9.17) is 23.8 Å². The van der Waals surface area contributed by atoms with Gasteiger partial charge in [0.25, 0.3) is 11.8 Å². The molecule has 0 unspecified atom stereocenters. The number of carbonyl (C=O) groups excluding carboxylic acids is 2. The van der Waals surface area contributed by atoms with E-state index in [9.17, 15) is 19.1 Å². The zero-order valence-corrected chi connectivity index (χ0v) is 14.1. The van der Waals surface area contributed by atoms with Crippen LogP contribution in [0.2, 0.25) is 5.02 Å². The van der Waals surface area contributed by atoms with Crippen molar-refractivity contribution in [2.24, 2.45) is 0 Å². The standard InChI is InChI=1S/C17H10ClFN2O3S/c18-13-7-9(4-5-14(13)22)6-12-15(23)20-17(25)21(16(12)24)11-3-1-2-10(19)8-11/h1-8,22H,(H,20,23,25)/b12-6+. The molecule has 0 aromatic heterocycles. The first-order valence-corrected chi connectivity index (χ1v) is 7.81. The molecule has 3 rings (SSSR count). The summed E-state index contributed by atoms with van der Waals surface area (Å²) < 4.78 is 13.5. The number of benzene rings is 2. The second-order valence-corrected chi connectivity index (χ2v) is 5.94. The van der Waals surface area contributed by atoms with Crippen LogP contribution in [0.3, 0.4) is 0 Å². The van der Waals surface area contributed by atoms with Gasteiger partial charge in [0.15, 0.2) is 5.11 Å². The molecule has 1 aliphatic rings. The van der Waals surface area contributed by atoms with E-state index in [1.165, 1.54) is 42.5 Å². The van der Waals surface area contributed by atoms with E-state index < -0.39 is 17.6 Å². The minimum absolute atomic E-state index is 0.0792. The van der Waals surface area contributed by atoms with Crippen molar-refractivity contribution in [1.29, 1.82) is 0 Å². The normalized spacial score (nSPS) is 16.3. The number of nitrogens with one attached hydrogen (secondary N) is 1. The van der Waals surface area contributed by atoms with E-state index >= 15 is 0 Å². The summed E-state index contributed by atoms with van der Waals surface area (Å²) in [4.78, 5) is 25.9. The fraction of sp³-hybridized carbons (Fsp3) is 0. The second kappa shape index (κ2) is 6.62. The lowest BCUT2D eigenvalue weighted by Gasteiger charge is -2.28. The Labute approximate surface area is 152 Å². The highest BCUT2D eigenvalue weighted by atomic mass is 35.5. The zero-order valence-electron chi connectivity index (χ0n) is 12.5. The first-order chi connectivity index (χ1) is 11.9. The molecule has 25 heavy (non-hydrogen) atoms. The molecule has 0 aliphatic carbocycles. The largest absolute Gasteiger partial charge is 0.506 e. The van der Waals surface area contributed by atoms with Crippen LogP contribution in [0.25, 0.3) is 6.08 Å². The lowest BCUT2D eigenvalue weighted by atomic mass is 10.1. The zero-order chi connectivity index (χ0) is 18.1. The number of hydrogen-bond acceptors (Lipinski definition) is 4. The molecule has 2 N–H and O–H groups in total. The molecular formula is C17H10ClFN2O3S. The molecule has 1 fully saturated rings. The molecule has 0 atom stereocenters. The van der Waals surface area contributed by atoms with Gasteiger partial charge in [-0.1, -0.05) is 23.7 Å². The minimum atomic E-state index is -0.691. The second-order valence-electron chi connectivity index (χ2n) is 5.15. The number of anilines is 1. The first-order valence-electron chi connectivity index (χ1n) is 7.02. The van der Waals surface area contributed by atoms with Gasteiger partial charge >= 0.3 is 0 Å². The maximum Gasteiger partial charge on any atom is 0.270 e. The Kier molecular flexibility index (Phi) is 4.52. The highest BCUT2D eigenvalue weighted by Gasteiger charge is 2.34. The van der Waals surface area contributed by atoms with Crippen LogP contribution in [0, 0.1) is 5.82 Å². The quantitative estimate of drug-likeness (QED) is 0.480. The van der Waals surface area contributed by atoms with Gasteiger partial charge in [0.1, 0.15) is 17.1 Å². The van der Waals surface area contributed by atoms with Gasteiger partial charge in [-0.2, -0.15) is 0 Å². The van der Waals surface area contributed by atoms with Crippen molar-refractivity contribution in [1.82, 2.24) is 5.32 Å². The summed E-state index contributed by atoms with van der Waals surface area (Å²) in [5, 5.41) is 11.8. The Hall–Kier alpha value is -2.77. The average Bonchev–Trinajstić information content (AvgIpc) is 2.54. The number of phenolic OH excluding ortho intramolecular Hbond substituents is 1. The van der Waals surface area contributed by atoms with Crippen molar-refractivity contribution in [3.05, 3.63) is 64.4 Å². The average molecular weight is 377 g/mol. The van der Waals surface area contributed by atoms with E-state index in [2.05, 4.69) is 5.32 Å². The Morgan fingerprint density at radius 2 is 1.96 bits per heavy atom. The summed E-state index contributed by atoms with van der Waals surface area (Å²) in [6.07, 6.45) is 1.32. The van der Waals surface area contributed by atoms with Crippen LogP contribution in [0.1, 0.15) is 5.56 Å². The van der Waals surface area contributed by atoms with Crippen molar-refractivity contribution < 1.29 is 19.1 Å². The molecule has 0 radical (unpaired) electrons. The van der Waals surface area contributed by atoms with E-state index in [0.29, 0.717) is 5.56 Å². The Morgan fingerprint density at radius 3 is 2.64 bits per heavy atom. The third kappa shape index (κ3) is 3.38. The molecule has 1 saturated heterocycles. The van der Waals surface area contributed by atoms with E-state index in [0.717, 1.165) is 11.0 Å². The highest BCUT2D eigenvalue weighted by molar-refractivity contribution is 7.80. The number of halogens is 2. The third-order valence-electron chi connectivity index (χ3n) is 3.45. The van der Waals surface area contributed by atoms with E-state index in [-0.39, 0.29) is 27.1 Å². The monoisotopic (exact) mass is 376 g/mol.